The Hall–Kier alpha value is -1.42. The fourth-order valence-electron chi connectivity index (χ4n) is 2.89. The van der Waals surface area contributed by atoms with Gasteiger partial charge < -0.3 is 9.84 Å². The monoisotopic (exact) mass is 264 g/mol. The summed E-state index contributed by atoms with van der Waals surface area (Å²) in [4.78, 5) is 22.7. The van der Waals surface area contributed by atoms with Crippen LogP contribution in [0.3, 0.4) is 0 Å². The smallest absolute Gasteiger partial charge is 0.309 e. The number of carbonyl (C=O) groups is 2. The van der Waals surface area contributed by atoms with Gasteiger partial charge in [-0.3, -0.25) is 9.59 Å². The predicted octanol–water partition coefficient (Wildman–Crippen LogP) is 1.78. The molecule has 104 valence electrons. The van der Waals surface area contributed by atoms with Crippen LogP contribution in [-0.2, 0) is 14.3 Å². The minimum Gasteiger partial charge on any atom is -0.461 e. The average molecular weight is 264 g/mol. The Labute approximate surface area is 113 Å². The Morgan fingerprint density at radius 1 is 1.47 bits per heavy atom. The molecule has 1 aliphatic heterocycles. The molecule has 4 nitrogen and oxygen atoms in total. The Kier molecular flexibility index (Phi) is 4.20. The van der Waals surface area contributed by atoms with E-state index in [0.29, 0.717) is 12.0 Å². The van der Waals surface area contributed by atoms with E-state index in [1.54, 1.807) is 6.92 Å². The van der Waals surface area contributed by atoms with Gasteiger partial charge in [-0.05, 0) is 25.3 Å². The average Bonchev–Trinajstić information content (AvgIpc) is 2.63. The van der Waals surface area contributed by atoms with Crippen LogP contribution in [0.1, 0.15) is 33.1 Å². The number of rotatable bonds is 1. The molecule has 2 aliphatic rings. The number of aldehydes is 1. The third kappa shape index (κ3) is 2.95. The molecule has 0 unspecified atom stereocenters. The summed E-state index contributed by atoms with van der Waals surface area (Å²) in [6.45, 7) is 3.73. The van der Waals surface area contributed by atoms with Crippen LogP contribution in [0.15, 0.2) is 23.3 Å². The van der Waals surface area contributed by atoms with Gasteiger partial charge in [0.25, 0.3) is 0 Å². The van der Waals surface area contributed by atoms with Gasteiger partial charge in [-0.25, -0.2) is 0 Å². The molecule has 0 saturated carbocycles. The number of aliphatic hydroxyl groups is 1. The summed E-state index contributed by atoms with van der Waals surface area (Å²) in [5, 5.41) is 10.3. The number of hydrogen-bond donors (Lipinski definition) is 1. The van der Waals surface area contributed by atoms with E-state index in [-0.39, 0.29) is 17.8 Å². The van der Waals surface area contributed by atoms with E-state index >= 15 is 0 Å². The van der Waals surface area contributed by atoms with Crippen molar-refractivity contribution in [2.75, 3.05) is 0 Å². The molecule has 1 N–H and O–H groups in total. The van der Waals surface area contributed by atoms with Crippen molar-refractivity contribution < 1.29 is 19.4 Å². The topological polar surface area (TPSA) is 63.6 Å². The van der Waals surface area contributed by atoms with E-state index in [9.17, 15) is 14.7 Å². The lowest BCUT2D eigenvalue weighted by Gasteiger charge is -2.24. The summed E-state index contributed by atoms with van der Waals surface area (Å²) in [6.07, 6.45) is 5.41. The number of allylic oxidation sites excluding steroid dienone is 2. The van der Waals surface area contributed by atoms with Crippen molar-refractivity contribution in [1.82, 2.24) is 0 Å². The number of esters is 1. The number of aliphatic hydroxyl groups excluding tert-OH is 1. The van der Waals surface area contributed by atoms with Gasteiger partial charge >= 0.3 is 5.97 Å². The van der Waals surface area contributed by atoms with Crippen molar-refractivity contribution in [3.8, 4) is 0 Å². The number of carbonyl (C=O) groups excluding carboxylic acids is 2. The molecule has 4 atom stereocenters. The zero-order chi connectivity index (χ0) is 14.0. The van der Waals surface area contributed by atoms with Gasteiger partial charge in [-0.15, -0.1) is 0 Å². The summed E-state index contributed by atoms with van der Waals surface area (Å²) in [5.41, 5.74) is 1.72. The van der Waals surface area contributed by atoms with Crippen LogP contribution in [0.4, 0.5) is 0 Å². The second-order valence-electron chi connectivity index (χ2n) is 5.48. The van der Waals surface area contributed by atoms with Gasteiger partial charge in [0.2, 0.25) is 0 Å². The molecule has 0 aromatic rings. The first-order valence-electron chi connectivity index (χ1n) is 6.73. The maximum atomic E-state index is 11.7. The molecule has 2 rings (SSSR count). The molecular formula is C15H20O4. The second kappa shape index (κ2) is 5.70. The molecule has 0 amide bonds. The standard InChI is InChI=1S/C15H20O4/c1-9-4-3-5-11(8-16)7-13-14(12(17)6-9)10(2)15(18)19-13/h5-6,8,10,12-14,17H,3-4,7H2,1-2H3/b9-6+,11-5+/t10-,12-,13-,14+/m1/s1. The zero-order valence-electron chi connectivity index (χ0n) is 11.3. The minimum atomic E-state index is -0.697. The van der Waals surface area contributed by atoms with Crippen LogP contribution < -0.4 is 0 Å². The lowest BCUT2D eigenvalue weighted by Crippen LogP contribution is -2.31. The molecule has 4 heteroatoms. The number of ether oxygens (including phenoxy) is 1. The van der Waals surface area contributed by atoms with E-state index in [1.165, 1.54) is 0 Å². The van der Waals surface area contributed by atoms with Gasteiger partial charge in [0.1, 0.15) is 12.4 Å². The van der Waals surface area contributed by atoms with Crippen LogP contribution in [-0.4, -0.2) is 29.6 Å². The lowest BCUT2D eigenvalue weighted by atomic mass is 9.82. The van der Waals surface area contributed by atoms with Crippen LogP contribution in [0.5, 0.6) is 0 Å². The Bertz CT molecular complexity index is 435. The van der Waals surface area contributed by atoms with Gasteiger partial charge in [0, 0.05) is 12.3 Å². The molecule has 19 heavy (non-hydrogen) atoms. The Morgan fingerprint density at radius 2 is 2.21 bits per heavy atom. The maximum absolute atomic E-state index is 11.7. The van der Waals surface area contributed by atoms with Crippen molar-refractivity contribution in [2.24, 2.45) is 11.8 Å². The summed E-state index contributed by atoms with van der Waals surface area (Å²) < 4.78 is 5.32. The summed E-state index contributed by atoms with van der Waals surface area (Å²) >= 11 is 0. The summed E-state index contributed by atoms with van der Waals surface area (Å²) in [7, 11) is 0. The highest BCUT2D eigenvalue weighted by atomic mass is 16.6. The van der Waals surface area contributed by atoms with Crippen LogP contribution in [0.25, 0.3) is 0 Å². The van der Waals surface area contributed by atoms with Crippen molar-refractivity contribution in [2.45, 2.75) is 45.3 Å². The van der Waals surface area contributed by atoms with Gasteiger partial charge in [-0.2, -0.15) is 0 Å². The van der Waals surface area contributed by atoms with Gasteiger partial charge in [-0.1, -0.05) is 24.6 Å². The van der Waals surface area contributed by atoms with Crippen LogP contribution in [0, 0.1) is 11.8 Å². The predicted molar refractivity (Wildman–Crippen MR) is 70.3 cm³/mol. The normalized spacial score (nSPS) is 41.3. The van der Waals surface area contributed by atoms with Crippen molar-refractivity contribution in [3.05, 3.63) is 23.3 Å². The fraction of sp³-hybridized carbons (Fsp3) is 0.600. The first-order valence-corrected chi connectivity index (χ1v) is 6.73. The summed E-state index contributed by atoms with van der Waals surface area (Å²) in [6, 6.07) is 0. The zero-order valence-corrected chi connectivity index (χ0v) is 11.3. The highest BCUT2D eigenvalue weighted by Gasteiger charge is 2.45. The van der Waals surface area contributed by atoms with E-state index in [2.05, 4.69) is 0 Å². The highest BCUT2D eigenvalue weighted by molar-refractivity contribution is 5.76. The highest BCUT2D eigenvalue weighted by Crippen LogP contribution is 2.35. The molecule has 0 aromatic heterocycles. The lowest BCUT2D eigenvalue weighted by molar-refractivity contribution is -0.144. The molecule has 0 bridgehead atoms. The van der Waals surface area contributed by atoms with Crippen molar-refractivity contribution in [3.63, 3.8) is 0 Å². The van der Waals surface area contributed by atoms with Gasteiger partial charge in [0.05, 0.1) is 12.0 Å². The molecular weight excluding hydrogens is 244 g/mol. The molecule has 1 fully saturated rings. The van der Waals surface area contributed by atoms with E-state index in [4.69, 9.17) is 4.74 Å². The summed E-state index contributed by atoms with van der Waals surface area (Å²) in [5.74, 6) is -0.898. The van der Waals surface area contributed by atoms with Crippen LogP contribution >= 0.6 is 0 Å². The second-order valence-corrected chi connectivity index (χ2v) is 5.48. The molecule has 0 radical (unpaired) electrons. The minimum absolute atomic E-state index is 0.274. The molecule has 1 heterocycles. The molecule has 0 aromatic carbocycles. The van der Waals surface area contributed by atoms with E-state index in [1.807, 2.05) is 19.1 Å². The molecule has 1 saturated heterocycles. The SMILES string of the molecule is C/C1=C\[C@@H](O)[C@H]2[C@@H](C/C(C=O)=C\CC1)OC(=O)[C@@H]2C. The van der Waals surface area contributed by atoms with E-state index < -0.39 is 12.2 Å². The Morgan fingerprint density at radius 3 is 2.89 bits per heavy atom. The quantitative estimate of drug-likeness (QED) is 0.445. The first kappa shape index (κ1) is 14.0. The van der Waals surface area contributed by atoms with Gasteiger partial charge in [0.15, 0.2) is 0 Å². The van der Waals surface area contributed by atoms with Crippen molar-refractivity contribution >= 4 is 12.3 Å². The first-order chi connectivity index (χ1) is 9.02. The largest absolute Gasteiger partial charge is 0.461 e. The number of hydrogen-bond acceptors (Lipinski definition) is 4. The third-order valence-corrected chi connectivity index (χ3v) is 4.03. The molecule has 1 aliphatic carbocycles. The molecule has 0 spiro atoms. The third-order valence-electron chi connectivity index (χ3n) is 4.03. The van der Waals surface area contributed by atoms with Crippen molar-refractivity contribution in [1.29, 1.82) is 0 Å². The van der Waals surface area contributed by atoms with Crippen LogP contribution in [0.2, 0.25) is 0 Å². The Balaban J connectivity index is 2.32. The number of fused-ring (bicyclic) bond motifs is 1. The van der Waals surface area contributed by atoms with E-state index in [0.717, 1.165) is 24.7 Å². The fourth-order valence-corrected chi connectivity index (χ4v) is 2.89. The maximum Gasteiger partial charge on any atom is 0.309 e.